The monoisotopic (exact) mass is 266 g/mol. The van der Waals surface area contributed by atoms with Gasteiger partial charge in [-0.1, -0.05) is 0 Å². The quantitative estimate of drug-likeness (QED) is 0.526. The Bertz CT molecular complexity index is 365. The van der Waals surface area contributed by atoms with E-state index < -0.39 is 0 Å². The number of nitrogens with two attached hydrogens (primary N) is 1. The molecule has 19 heavy (non-hydrogen) atoms. The molecule has 5 heteroatoms. The van der Waals surface area contributed by atoms with E-state index in [1.165, 1.54) is 0 Å². The van der Waals surface area contributed by atoms with Crippen LogP contribution in [0.1, 0.15) is 19.3 Å². The highest BCUT2D eigenvalue weighted by atomic mass is 16.5. The highest BCUT2D eigenvalue weighted by Crippen LogP contribution is 2.12. The third-order valence-electron chi connectivity index (χ3n) is 2.58. The van der Waals surface area contributed by atoms with Crippen molar-refractivity contribution < 1.29 is 14.3 Å². The summed E-state index contributed by atoms with van der Waals surface area (Å²) in [6.45, 7) is 1.79. The predicted molar refractivity (Wildman–Crippen MR) is 75.1 cm³/mol. The van der Waals surface area contributed by atoms with Crippen molar-refractivity contribution in [1.82, 2.24) is 5.32 Å². The van der Waals surface area contributed by atoms with E-state index >= 15 is 0 Å². The van der Waals surface area contributed by atoms with Gasteiger partial charge in [0.2, 0.25) is 5.91 Å². The van der Waals surface area contributed by atoms with Crippen molar-refractivity contribution in [2.45, 2.75) is 19.3 Å². The first-order valence-electron chi connectivity index (χ1n) is 6.46. The average molecular weight is 266 g/mol. The summed E-state index contributed by atoms with van der Waals surface area (Å²) in [7, 11) is 1.67. The Hall–Kier alpha value is -1.75. The molecule has 0 saturated heterocycles. The van der Waals surface area contributed by atoms with E-state index in [0.29, 0.717) is 25.3 Å². The van der Waals surface area contributed by atoms with Crippen LogP contribution < -0.4 is 15.8 Å². The lowest BCUT2D eigenvalue weighted by Gasteiger charge is -2.07. The van der Waals surface area contributed by atoms with Gasteiger partial charge in [0.25, 0.3) is 0 Å². The number of methoxy groups -OCH3 is 1. The third kappa shape index (κ3) is 7.31. The molecule has 0 aliphatic rings. The van der Waals surface area contributed by atoms with Crippen LogP contribution in [-0.4, -0.2) is 32.8 Å². The van der Waals surface area contributed by atoms with Gasteiger partial charge in [0.1, 0.15) is 5.75 Å². The second-order valence-electron chi connectivity index (χ2n) is 4.22. The third-order valence-corrected chi connectivity index (χ3v) is 2.58. The van der Waals surface area contributed by atoms with Crippen molar-refractivity contribution in [3.05, 3.63) is 24.3 Å². The number of rotatable bonds is 9. The molecule has 0 saturated carbocycles. The molecule has 0 atom stereocenters. The van der Waals surface area contributed by atoms with E-state index in [1.807, 2.05) is 0 Å². The number of hydrogen-bond donors (Lipinski definition) is 2. The molecule has 0 unspecified atom stereocenters. The lowest BCUT2D eigenvalue weighted by molar-refractivity contribution is -0.121. The summed E-state index contributed by atoms with van der Waals surface area (Å²) in [5.41, 5.74) is 6.26. The maximum Gasteiger partial charge on any atom is 0.223 e. The van der Waals surface area contributed by atoms with Crippen LogP contribution in [0.2, 0.25) is 0 Å². The summed E-state index contributed by atoms with van der Waals surface area (Å²) in [6.07, 6.45) is 2.24. The summed E-state index contributed by atoms with van der Waals surface area (Å²) >= 11 is 0. The molecule has 0 aromatic heterocycles. The number of amides is 1. The maximum absolute atomic E-state index is 11.5. The average Bonchev–Trinajstić information content (AvgIpc) is 2.41. The van der Waals surface area contributed by atoms with Crippen LogP contribution in [-0.2, 0) is 9.53 Å². The number of carbonyl (C=O) groups is 1. The highest BCUT2D eigenvalue weighted by Gasteiger charge is 2.01. The van der Waals surface area contributed by atoms with Gasteiger partial charge >= 0.3 is 0 Å². The Balaban J connectivity index is 2.05. The molecule has 0 spiro atoms. The first-order chi connectivity index (χ1) is 9.22. The van der Waals surface area contributed by atoms with Crippen molar-refractivity contribution >= 4 is 11.6 Å². The van der Waals surface area contributed by atoms with Crippen LogP contribution in [0.15, 0.2) is 24.3 Å². The van der Waals surface area contributed by atoms with E-state index in [2.05, 4.69) is 5.32 Å². The van der Waals surface area contributed by atoms with Gasteiger partial charge in [-0.05, 0) is 37.1 Å². The molecule has 5 nitrogen and oxygen atoms in total. The minimum absolute atomic E-state index is 0.00728. The van der Waals surface area contributed by atoms with E-state index in [9.17, 15) is 4.79 Å². The second-order valence-corrected chi connectivity index (χ2v) is 4.22. The molecule has 1 amide bonds. The number of ether oxygens (including phenoxy) is 2. The van der Waals surface area contributed by atoms with Crippen LogP contribution in [0.4, 0.5) is 5.69 Å². The SMILES string of the molecule is COCCCCNC(=O)CCOc1ccc(N)cc1. The summed E-state index contributed by atoms with van der Waals surface area (Å²) in [5.74, 6) is 0.731. The number of nitrogens with one attached hydrogen (secondary N) is 1. The topological polar surface area (TPSA) is 73.6 Å². The molecular weight excluding hydrogens is 244 g/mol. The molecule has 0 radical (unpaired) electrons. The zero-order valence-corrected chi connectivity index (χ0v) is 11.4. The van der Waals surface area contributed by atoms with Gasteiger partial charge in [0, 0.05) is 25.9 Å². The number of hydrogen-bond acceptors (Lipinski definition) is 4. The van der Waals surface area contributed by atoms with Crippen LogP contribution in [0.5, 0.6) is 5.75 Å². The van der Waals surface area contributed by atoms with Crippen molar-refractivity contribution in [3.63, 3.8) is 0 Å². The minimum atomic E-state index is 0.00728. The molecule has 0 aliphatic heterocycles. The van der Waals surface area contributed by atoms with Gasteiger partial charge in [0.05, 0.1) is 13.0 Å². The Labute approximate surface area is 114 Å². The summed E-state index contributed by atoms with van der Waals surface area (Å²) < 4.78 is 10.4. The van der Waals surface area contributed by atoms with Gasteiger partial charge in [-0.3, -0.25) is 4.79 Å². The van der Waals surface area contributed by atoms with E-state index in [4.69, 9.17) is 15.2 Å². The normalized spacial score (nSPS) is 10.2. The molecule has 1 rings (SSSR count). The fraction of sp³-hybridized carbons (Fsp3) is 0.500. The first kappa shape index (κ1) is 15.3. The van der Waals surface area contributed by atoms with Crippen LogP contribution in [0.25, 0.3) is 0 Å². The lowest BCUT2D eigenvalue weighted by Crippen LogP contribution is -2.26. The molecule has 0 bridgehead atoms. The van der Waals surface area contributed by atoms with Gasteiger partial charge in [-0.15, -0.1) is 0 Å². The smallest absolute Gasteiger partial charge is 0.223 e. The van der Waals surface area contributed by atoms with Gasteiger partial charge in [-0.2, -0.15) is 0 Å². The number of nitrogen functional groups attached to an aromatic ring is 1. The molecule has 0 heterocycles. The molecule has 106 valence electrons. The maximum atomic E-state index is 11.5. The van der Waals surface area contributed by atoms with Gasteiger partial charge in [0.15, 0.2) is 0 Å². The zero-order valence-electron chi connectivity index (χ0n) is 11.4. The van der Waals surface area contributed by atoms with E-state index in [-0.39, 0.29) is 5.91 Å². The van der Waals surface area contributed by atoms with Crippen LogP contribution in [0.3, 0.4) is 0 Å². The molecular formula is C14H22N2O3. The summed E-state index contributed by atoms with van der Waals surface area (Å²) in [4.78, 5) is 11.5. The first-order valence-corrected chi connectivity index (χ1v) is 6.46. The number of carbonyl (C=O) groups excluding carboxylic acids is 1. The van der Waals surface area contributed by atoms with Crippen LogP contribution in [0, 0.1) is 0 Å². The summed E-state index contributed by atoms with van der Waals surface area (Å²) in [6, 6.07) is 7.12. The van der Waals surface area contributed by atoms with Crippen molar-refractivity contribution in [2.24, 2.45) is 0 Å². The van der Waals surface area contributed by atoms with E-state index in [1.54, 1.807) is 31.4 Å². The van der Waals surface area contributed by atoms with Crippen molar-refractivity contribution in [1.29, 1.82) is 0 Å². The fourth-order valence-electron chi connectivity index (χ4n) is 1.51. The van der Waals surface area contributed by atoms with Crippen LogP contribution >= 0.6 is 0 Å². The fourth-order valence-corrected chi connectivity index (χ4v) is 1.51. The largest absolute Gasteiger partial charge is 0.493 e. The lowest BCUT2D eigenvalue weighted by atomic mass is 10.3. The van der Waals surface area contributed by atoms with Gasteiger partial charge in [-0.25, -0.2) is 0 Å². The summed E-state index contributed by atoms with van der Waals surface area (Å²) in [5, 5.41) is 2.84. The van der Waals surface area contributed by atoms with Crippen molar-refractivity contribution in [3.8, 4) is 5.75 Å². The van der Waals surface area contributed by atoms with Crippen molar-refractivity contribution in [2.75, 3.05) is 32.6 Å². The van der Waals surface area contributed by atoms with Gasteiger partial charge < -0.3 is 20.5 Å². The standard InChI is InChI=1S/C14H22N2O3/c1-18-10-3-2-9-16-14(17)8-11-19-13-6-4-12(15)5-7-13/h4-7H,2-3,8-11,15H2,1H3,(H,16,17). The Morgan fingerprint density at radius 2 is 1.95 bits per heavy atom. The van der Waals surface area contributed by atoms with E-state index in [0.717, 1.165) is 25.2 Å². The Morgan fingerprint density at radius 1 is 1.21 bits per heavy atom. The Morgan fingerprint density at radius 3 is 2.63 bits per heavy atom. The second kappa shape index (κ2) is 9.22. The minimum Gasteiger partial charge on any atom is -0.493 e. The zero-order chi connectivity index (χ0) is 13.9. The Kier molecular flexibility index (Phi) is 7.43. The predicted octanol–water partition coefficient (Wildman–Crippen LogP) is 1.58. The molecule has 0 fully saturated rings. The molecule has 1 aromatic carbocycles. The molecule has 1 aromatic rings. The molecule has 3 N–H and O–H groups in total. The number of anilines is 1. The molecule has 0 aliphatic carbocycles. The number of benzene rings is 1. The highest BCUT2D eigenvalue weighted by molar-refractivity contribution is 5.75. The number of unbranched alkanes of at least 4 members (excludes halogenated alkanes) is 1.